The first-order valence-corrected chi connectivity index (χ1v) is 6.57. The van der Waals surface area contributed by atoms with Crippen molar-refractivity contribution < 1.29 is 4.74 Å². The van der Waals surface area contributed by atoms with Crippen LogP contribution in [0.3, 0.4) is 0 Å². The lowest BCUT2D eigenvalue weighted by Gasteiger charge is -2.28. The standard InChI is InChI=1S/C12H22N2OS/c1-6-15-10(12(2,3)4)11-14-9(7-13-5)8-16-11/h8,10,13H,6-7H2,1-5H3. The maximum Gasteiger partial charge on any atom is 0.122 e. The zero-order valence-corrected chi connectivity index (χ0v) is 11.6. The number of rotatable bonds is 5. The molecule has 1 aromatic rings. The van der Waals surface area contributed by atoms with Gasteiger partial charge in [0.15, 0.2) is 0 Å². The molecule has 1 atom stereocenters. The van der Waals surface area contributed by atoms with Crippen LogP contribution >= 0.6 is 11.3 Å². The number of nitrogens with zero attached hydrogens (tertiary/aromatic N) is 1. The zero-order chi connectivity index (χ0) is 12.2. The van der Waals surface area contributed by atoms with Crippen LogP contribution in [0.1, 0.15) is 44.5 Å². The fraction of sp³-hybridized carbons (Fsp3) is 0.750. The molecular formula is C12H22N2OS. The Labute approximate surface area is 102 Å². The van der Waals surface area contributed by atoms with Crippen molar-refractivity contribution in [1.82, 2.24) is 10.3 Å². The summed E-state index contributed by atoms with van der Waals surface area (Å²) in [7, 11) is 1.93. The average Bonchev–Trinajstić information content (AvgIpc) is 2.61. The van der Waals surface area contributed by atoms with E-state index in [1.807, 2.05) is 14.0 Å². The molecule has 0 aromatic carbocycles. The summed E-state index contributed by atoms with van der Waals surface area (Å²) in [6.07, 6.45) is 0.0908. The van der Waals surface area contributed by atoms with Gasteiger partial charge in [-0.3, -0.25) is 0 Å². The van der Waals surface area contributed by atoms with Gasteiger partial charge in [-0.15, -0.1) is 11.3 Å². The molecule has 1 rings (SSSR count). The minimum Gasteiger partial charge on any atom is -0.371 e. The van der Waals surface area contributed by atoms with Crippen molar-refractivity contribution in [2.45, 2.75) is 40.3 Å². The van der Waals surface area contributed by atoms with Gasteiger partial charge in [0.2, 0.25) is 0 Å². The Balaban J connectivity index is 2.84. The Morgan fingerprint density at radius 1 is 1.50 bits per heavy atom. The molecule has 0 aliphatic carbocycles. The van der Waals surface area contributed by atoms with E-state index in [1.165, 1.54) is 0 Å². The van der Waals surface area contributed by atoms with Crippen molar-refractivity contribution >= 4 is 11.3 Å². The van der Waals surface area contributed by atoms with Crippen LogP contribution in [0.2, 0.25) is 0 Å². The van der Waals surface area contributed by atoms with E-state index in [9.17, 15) is 0 Å². The van der Waals surface area contributed by atoms with Crippen LogP contribution in [0.4, 0.5) is 0 Å². The molecule has 1 unspecified atom stereocenters. The maximum atomic E-state index is 5.81. The highest BCUT2D eigenvalue weighted by Gasteiger charge is 2.29. The number of aromatic nitrogens is 1. The summed E-state index contributed by atoms with van der Waals surface area (Å²) in [5.41, 5.74) is 1.18. The summed E-state index contributed by atoms with van der Waals surface area (Å²) in [6.45, 7) is 10.1. The van der Waals surface area contributed by atoms with Gasteiger partial charge in [0.1, 0.15) is 11.1 Å². The molecule has 0 saturated heterocycles. The fourth-order valence-corrected chi connectivity index (χ4v) is 2.67. The van der Waals surface area contributed by atoms with Crippen LogP contribution in [0.5, 0.6) is 0 Å². The minimum absolute atomic E-state index is 0.0881. The van der Waals surface area contributed by atoms with Gasteiger partial charge < -0.3 is 10.1 Å². The number of hydrogen-bond acceptors (Lipinski definition) is 4. The molecule has 0 fully saturated rings. The molecule has 3 nitrogen and oxygen atoms in total. The summed E-state index contributed by atoms with van der Waals surface area (Å²) in [4.78, 5) is 4.62. The van der Waals surface area contributed by atoms with Gasteiger partial charge in [0.25, 0.3) is 0 Å². The lowest BCUT2D eigenvalue weighted by molar-refractivity contribution is -0.0134. The third-order valence-electron chi connectivity index (χ3n) is 2.27. The van der Waals surface area contributed by atoms with E-state index >= 15 is 0 Å². The lowest BCUT2D eigenvalue weighted by Crippen LogP contribution is -2.21. The highest BCUT2D eigenvalue weighted by molar-refractivity contribution is 7.09. The van der Waals surface area contributed by atoms with E-state index in [0.29, 0.717) is 0 Å². The van der Waals surface area contributed by atoms with E-state index in [4.69, 9.17) is 4.74 Å². The Morgan fingerprint density at radius 3 is 2.69 bits per heavy atom. The molecular weight excluding hydrogens is 220 g/mol. The molecule has 0 aliphatic rings. The predicted molar refractivity (Wildman–Crippen MR) is 68.7 cm³/mol. The second kappa shape index (κ2) is 5.75. The van der Waals surface area contributed by atoms with Gasteiger partial charge in [0, 0.05) is 18.5 Å². The summed E-state index contributed by atoms with van der Waals surface area (Å²) in [5, 5.41) is 6.29. The average molecular weight is 242 g/mol. The van der Waals surface area contributed by atoms with Gasteiger partial charge in [-0.1, -0.05) is 20.8 Å². The third-order valence-corrected chi connectivity index (χ3v) is 3.21. The summed E-state index contributed by atoms with van der Waals surface area (Å²) >= 11 is 1.69. The number of thiazole rings is 1. The molecule has 0 amide bonds. The predicted octanol–water partition coefficient (Wildman–Crippen LogP) is 2.99. The van der Waals surface area contributed by atoms with Crippen LogP contribution in [0, 0.1) is 5.41 Å². The summed E-state index contributed by atoms with van der Waals surface area (Å²) in [5.74, 6) is 0. The largest absolute Gasteiger partial charge is 0.371 e. The Bertz CT molecular complexity index is 317. The van der Waals surface area contributed by atoms with Gasteiger partial charge in [-0.2, -0.15) is 0 Å². The summed E-state index contributed by atoms with van der Waals surface area (Å²) in [6, 6.07) is 0. The third kappa shape index (κ3) is 3.54. The Morgan fingerprint density at radius 2 is 2.19 bits per heavy atom. The van der Waals surface area contributed by atoms with Gasteiger partial charge in [0.05, 0.1) is 5.69 Å². The minimum atomic E-state index is 0.0881. The zero-order valence-electron chi connectivity index (χ0n) is 10.8. The van der Waals surface area contributed by atoms with Crippen molar-refractivity contribution in [3.05, 3.63) is 16.1 Å². The van der Waals surface area contributed by atoms with E-state index in [0.717, 1.165) is 23.9 Å². The molecule has 92 valence electrons. The fourth-order valence-electron chi connectivity index (χ4n) is 1.56. The van der Waals surface area contributed by atoms with E-state index in [1.54, 1.807) is 11.3 Å². The van der Waals surface area contributed by atoms with Crippen LogP contribution in [0.15, 0.2) is 5.38 Å². The molecule has 16 heavy (non-hydrogen) atoms. The molecule has 0 bridgehead atoms. The van der Waals surface area contributed by atoms with Gasteiger partial charge in [-0.05, 0) is 19.4 Å². The Hall–Kier alpha value is -0.450. The van der Waals surface area contributed by atoms with Crippen molar-refractivity contribution in [2.75, 3.05) is 13.7 Å². The molecule has 0 saturated carbocycles. The highest BCUT2D eigenvalue weighted by Crippen LogP contribution is 2.37. The maximum absolute atomic E-state index is 5.81. The Kier molecular flexibility index (Phi) is 4.89. The molecule has 4 heteroatoms. The van der Waals surface area contributed by atoms with Crippen molar-refractivity contribution in [2.24, 2.45) is 5.41 Å². The van der Waals surface area contributed by atoms with Crippen molar-refractivity contribution in [3.8, 4) is 0 Å². The van der Waals surface area contributed by atoms with Crippen molar-refractivity contribution in [1.29, 1.82) is 0 Å². The van der Waals surface area contributed by atoms with Gasteiger partial charge >= 0.3 is 0 Å². The number of ether oxygens (including phenoxy) is 1. The van der Waals surface area contributed by atoms with Crippen LogP contribution in [-0.4, -0.2) is 18.6 Å². The van der Waals surface area contributed by atoms with Crippen LogP contribution in [0.25, 0.3) is 0 Å². The highest BCUT2D eigenvalue weighted by atomic mass is 32.1. The summed E-state index contributed by atoms with van der Waals surface area (Å²) < 4.78 is 5.81. The smallest absolute Gasteiger partial charge is 0.122 e. The molecule has 0 radical (unpaired) electrons. The molecule has 0 aliphatic heterocycles. The first kappa shape index (κ1) is 13.6. The number of nitrogens with one attached hydrogen (secondary N) is 1. The van der Waals surface area contributed by atoms with Crippen molar-refractivity contribution in [3.63, 3.8) is 0 Å². The topological polar surface area (TPSA) is 34.1 Å². The molecule has 0 spiro atoms. The first-order valence-electron chi connectivity index (χ1n) is 5.69. The molecule has 1 aromatic heterocycles. The van der Waals surface area contributed by atoms with Crippen LogP contribution < -0.4 is 5.32 Å². The number of hydrogen-bond donors (Lipinski definition) is 1. The monoisotopic (exact) mass is 242 g/mol. The normalized spacial score (nSPS) is 14.1. The SMILES string of the molecule is CCOC(c1nc(CNC)cs1)C(C)(C)C. The molecule has 1 N–H and O–H groups in total. The lowest BCUT2D eigenvalue weighted by atomic mass is 9.89. The second-order valence-corrected chi connectivity index (χ2v) is 5.80. The van der Waals surface area contributed by atoms with E-state index in [-0.39, 0.29) is 11.5 Å². The van der Waals surface area contributed by atoms with E-state index in [2.05, 4.69) is 36.5 Å². The quantitative estimate of drug-likeness (QED) is 0.862. The first-order chi connectivity index (χ1) is 7.49. The second-order valence-electron chi connectivity index (χ2n) is 4.91. The van der Waals surface area contributed by atoms with E-state index < -0.39 is 0 Å². The van der Waals surface area contributed by atoms with Crippen LogP contribution in [-0.2, 0) is 11.3 Å². The van der Waals surface area contributed by atoms with Gasteiger partial charge in [-0.25, -0.2) is 4.98 Å². The molecule has 1 heterocycles.